The molecule has 0 unspecified atom stereocenters. The third kappa shape index (κ3) is 3.29. The van der Waals surface area contributed by atoms with Gasteiger partial charge in [0.15, 0.2) is 11.5 Å². The summed E-state index contributed by atoms with van der Waals surface area (Å²) in [7, 11) is 2.13. The van der Waals surface area contributed by atoms with Gasteiger partial charge in [0.25, 0.3) is 0 Å². The van der Waals surface area contributed by atoms with Gasteiger partial charge in [-0.1, -0.05) is 37.3 Å². The normalized spacial score (nSPS) is 27.8. The number of nitrogen functional groups attached to an aromatic ring is 1. The van der Waals surface area contributed by atoms with Crippen molar-refractivity contribution in [3.63, 3.8) is 0 Å². The molecule has 7 heteroatoms. The average Bonchev–Trinajstić information content (AvgIpc) is 3.42. The zero-order valence-corrected chi connectivity index (χ0v) is 19.7. The first-order valence-electron chi connectivity index (χ1n) is 11.6. The Labute approximate surface area is 195 Å². The number of nitrogens with two attached hydrogens (primary N) is 1. The van der Waals surface area contributed by atoms with Gasteiger partial charge in [-0.3, -0.25) is 15.1 Å². The molecule has 5 rings (SSSR count). The zero-order valence-electron chi connectivity index (χ0n) is 19.7. The molecule has 2 aromatic rings. The van der Waals surface area contributed by atoms with Crippen LogP contribution in [0.3, 0.4) is 0 Å². The molecular weight excluding hydrogens is 416 g/mol. The van der Waals surface area contributed by atoms with E-state index in [0.29, 0.717) is 12.1 Å². The van der Waals surface area contributed by atoms with E-state index in [4.69, 9.17) is 20.6 Å². The summed E-state index contributed by atoms with van der Waals surface area (Å²) in [5, 5.41) is 7.69. The highest BCUT2D eigenvalue weighted by atomic mass is 16.7. The summed E-state index contributed by atoms with van der Waals surface area (Å²) in [5.41, 5.74) is 8.35. The van der Waals surface area contributed by atoms with Crippen LogP contribution >= 0.6 is 0 Å². The highest BCUT2D eigenvalue weighted by Crippen LogP contribution is 2.56. The molecule has 7 nitrogen and oxygen atoms in total. The minimum atomic E-state index is -0.144. The fourth-order valence-corrected chi connectivity index (χ4v) is 6.21. The van der Waals surface area contributed by atoms with Crippen molar-refractivity contribution < 1.29 is 14.3 Å². The van der Waals surface area contributed by atoms with Crippen LogP contribution in [-0.2, 0) is 11.3 Å². The SMILES string of the molecule is CC[C@@H]1[C@@H]2[C@H](C(=O)N1Cc1ccc3c(c1)OCO3)[C@H](c1ccc(C(=N)N)cc1)N(C)C2(C)C. The third-order valence-electron chi connectivity index (χ3n) is 8.02. The molecule has 3 aliphatic rings. The molecule has 3 heterocycles. The molecule has 1 amide bonds. The summed E-state index contributed by atoms with van der Waals surface area (Å²) in [6, 6.07) is 13.9. The molecular formula is C26H32N4O3. The lowest BCUT2D eigenvalue weighted by Crippen LogP contribution is -2.48. The van der Waals surface area contributed by atoms with Crippen molar-refractivity contribution in [2.75, 3.05) is 13.8 Å². The number of likely N-dealkylation sites (tertiary alicyclic amines) is 2. The van der Waals surface area contributed by atoms with E-state index in [1.165, 1.54) is 0 Å². The smallest absolute Gasteiger partial charge is 0.231 e. The second-order valence-corrected chi connectivity index (χ2v) is 9.93. The Kier molecular flexibility index (Phi) is 5.12. The molecule has 0 spiro atoms. The summed E-state index contributed by atoms with van der Waals surface area (Å²) in [6.45, 7) is 7.51. The number of nitrogens with zero attached hydrogens (tertiary/aromatic N) is 2. The number of nitrogens with one attached hydrogen (secondary N) is 1. The van der Waals surface area contributed by atoms with Gasteiger partial charge in [0.2, 0.25) is 12.7 Å². The second kappa shape index (κ2) is 7.76. The van der Waals surface area contributed by atoms with Crippen LogP contribution in [0.5, 0.6) is 11.5 Å². The summed E-state index contributed by atoms with van der Waals surface area (Å²) >= 11 is 0. The van der Waals surface area contributed by atoms with Gasteiger partial charge in [0, 0.05) is 35.6 Å². The first-order chi connectivity index (χ1) is 15.7. The number of hydrogen-bond acceptors (Lipinski definition) is 5. The fraction of sp³-hybridized carbons (Fsp3) is 0.462. The Balaban J connectivity index is 1.49. The van der Waals surface area contributed by atoms with Gasteiger partial charge < -0.3 is 20.1 Å². The van der Waals surface area contributed by atoms with Gasteiger partial charge in [-0.2, -0.15) is 0 Å². The van der Waals surface area contributed by atoms with E-state index in [9.17, 15) is 4.79 Å². The van der Waals surface area contributed by atoms with Crippen LogP contribution in [0.2, 0.25) is 0 Å². The van der Waals surface area contributed by atoms with E-state index in [0.717, 1.165) is 29.0 Å². The molecule has 0 bridgehead atoms. The fourth-order valence-electron chi connectivity index (χ4n) is 6.21. The van der Waals surface area contributed by atoms with Crippen LogP contribution in [0, 0.1) is 17.2 Å². The number of benzene rings is 2. The van der Waals surface area contributed by atoms with Crippen molar-refractivity contribution in [1.82, 2.24) is 9.80 Å². The highest BCUT2D eigenvalue weighted by Gasteiger charge is 2.63. The first kappa shape index (κ1) is 21.8. The molecule has 0 saturated carbocycles. The Morgan fingerprint density at radius 2 is 1.85 bits per heavy atom. The predicted molar refractivity (Wildman–Crippen MR) is 126 cm³/mol. The van der Waals surface area contributed by atoms with Crippen LogP contribution in [0.25, 0.3) is 0 Å². The van der Waals surface area contributed by atoms with Crippen molar-refractivity contribution in [1.29, 1.82) is 5.41 Å². The van der Waals surface area contributed by atoms with Gasteiger partial charge in [0.1, 0.15) is 5.84 Å². The molecule has 4 atom stereocenters. The van der Waals surface area contributed by atoms with Crippen molar-refractivity contribution in [2.45, 2.75) is 51.4 Å². The molecule has 2 saturated heterocycles. The van der Waals surface area contributed by atoms with Crippen LogP contribution in [0.15, 0.2) is 42.5 Å². The summed E-state index contributed by atoms with van der Waals surface area (Å²) in [5.74, 6) is 1.86. The number of carbonyl (C=O) groups is 1. The van der Waals surface area contributed by atoms with Crippen molar-refractivity contribution in [3.8, 4) is 11.5 Å². The number of amidine groups is 1. The lowest BCUT2D eigenvalue weighted by Gasteiger charge is -2.40. The topological polar surface area (TPSA) is 91.9 Å². The number of hydrogen-bond donors (Lipinski definition) is 2. The predicted octanol–water partition coefficient (Wildman–Crippen LogP) is 3.52. The van der Waals surface area contributed by atoms with Crippen molar-refractivity contribution in [2.24, 2.45) is 17.6 Å². The van der Waals surface area contributed by atoms with Gasteiger partial charge in [-0.15, -0.1) is 0 Å². The lowest BCUT2D eigenvalue weighted by molar-refractivity contribution is -0.134. The Morgan fingerprint density at radius 3 is 2.52 bits per heavy atom. The Hall–Kier alpha value is -3.06. The quantitative estimate of drug-likeness (QED) is 0.539. The zero-order chi connectivity index (χ0) is 23.5. The molecule has 2 fully saturated rings. The van der Waals surface area contributed by atoms with Gasteiger partial charge in [-0.25, -0.2) is 0 Å². The molecule has 0 aromatic heterocycles. The monoisotopic (exact) mass is 448 g/mol. The number of rotatable bonds is 5. The van der Waals surface area contributed by atoms with Gasteiger partial charge >= 0.3 is 0 Å². The molecule has 0 aliphatic carbocycles. The summed E-state index contributed by atoms with van der Waals surface area (Å²) in [4.78, 5) is 18.4. The minimum Gasteiger partial charge on any atom is -0.454 e. The van der Waals surface area contributed by atoms with E-state index in [1.54, 1.807) is 0 Å². The average molecular weight is 449 g/mol. The summed E-state index contributed by atoms with van der Waals surface area (Å²) in [6.07, 6.45) is 0.907. The largest absolute Gasteiger partial charge is 0.454 e. The second-order valence-electron chi connectivity index (χ2n) is 9.93. The standard InChI is InChI=1S/C26H32N4O3/c1-5-18-22-21(25(31)30(18)13-15-6-11-19-20(12-15)33-14-32-19)23(29(4)26(22,2)3)16-7-9-17(10-8-16)24(27)28/h6-12,18,21-23H,5,13-14H2,1-4H3,(H3,27,28)/t18-,21+,22-,23+/m1/s1. The molecule has 33 heavy (non-hydrogen) atoms. The third-order valence-corrected chi connectivity index (χ3v) is 8.02. The number of fused-ring (bicyclic) bond motifs is 2. The molecule has 174 valence electrons. The van der Waals surface area contributed by atoms with Gasteiger partial charge in [-0.05, 0) is 50.6 Å². The molecule has 3 aliphatic heterocycles. The Bertz CT molecular complexity index is 1100. The van der Waals surface area contributed by atoms with E-state index in [1.807, 2.05) is 42.5 Å². The highest BCUT2D eigenvalue weighted by molar-refractivity contribution is 5.95. The molecule has 3 N–H and O–H groups in total. The van der Waals surface area contributed by atoms with E-state index in [-0.39, 0.29) is 48.0 Å². The Morgan fingerprint density at radius 1 is 1.15 bits per heavy atom. The number of carbonyl (C=O) groups excluding carboxylic acids is 1. The first-order valence-corrected chi connectivity index (χ1v) is 11.6. The maximum atomic E-state index is 14.0. The van der Waals surface area contributed by atoms with Crippen molar-refractivity contribution in [3.05, 3.63) is 59.2 Å². The summed E-state index contributed by atoms with van der Waals surface area (Å²) < 4.78 is 11.0. The van der Waals surface area contributed by atoms with E-state index in [2.05, 4.69) is 37.6 Å². The van der Waals surface area contributed by atoms with Crippen LogP contribution in [0.1, 0.15) is 49.9 Å². The molecule has 2 aromatic carbocycles. The number of amides is 1. The molecule has 0 radical (unpaired) electrons. The number of ether oxygens (including phenoxy) is 2. The van der Waals surface area contributed by atoms with Crippen LogP contribution < -0.4 is 15.2 Å². The van der Waals surface area contributed by atoms with Crippen LogP contribution in [-0.4, -0.2) is 47.0 Å². The van der Waals surface area contributed by atoms with E-state index < -0.39 is 0 Å². The minimum absolute atomic E-state index is 0.0192. The van der Waals surface area contributed by atoms with Gasteiger partial charge in [0.05, 0.1) is 5.92 Å². The maximum Gasteiger partial charge on any atom is 0.231 e. The van der Waals surface area contributed by atoms with Crippen LogP contribution in [0.4, 0.5) is 0 Å². The van der Waals surface area contributed by atoms with Crippen molar-refractivity contribution >= 4 is 11.7 Å². The lowest BCUT2D eigenvalue weighted by atomic mass is 9.77. The van der Waals surface area contributed by atoms with E-state index >= 15 is 0 Å². The maximum absolute atomic E-state index is 14.0.